The van der Waals surface area contributed by atoms with Crippen LogP contribution in [0.1, 0.15) is 75.0 Å². The topological polar surface area (TPSA) is 101 Å². The molecule has 9 heteroatoms. The average Bonchev–Trinajstić information content (AvgIpc) is 3.58. The Morgan fingerprint density at radius 2 is 1.86 bits per heavy atom. The molecule has 2 aromatic rings. The van der Waals surface area contributed by atoms with Gasteiger partial charge in [0, 0.05) is 43.6 Å². The number of carbonyl (C=O) groups is 3. The minimum Gasteiger partial charge on any atom is -0.376 e. The second-order valence-corrected chi connectivity index (χ2v) is 10.6. The minimum atomic E-state index is -0.772. The van der Waals surface area contributed by atoms with E-state index in [9.17, 15) is 14.4 Å². The Kier molecular flexibility index (Phi) is 9.47. The van der Waals surface area contributed by atoms with Crippen LogP contribution < -0.4 is 10.6 Å². The third-order valence-electron chi connectivity index (χ3n) is 6.89. The summed E-state index contributed by atoms with van der Waals surface area (Å²) in [5, 5.41) is 8.24. The summed E-state index contributed by atoms with van der Waals surface area (Å²) in [7, 11) is 0. The number of nitrogens with zero attached hydrogens (tertiary/aromatic N) is 2. The summed E-state index contributed by atoms with van der Waals surface area (Å²) in [5.41, 5.74) is 1.86. The molecule has 4 rings (SSSR count). The molecule has 2 fully saturated rings. The van der Waals surface area contributed by atoms with Gasteiger partial charge in [-0.3, -0.25) is 14.4 Å². The molecule has 0 radical (unpaired) electrons. The van der Waals surface area contributed by atoms with Crippen molar-refractivity contribution < 1.29 is 19.1 Å². The molecule has 1 aliphatic heterocycles. The molecule has 0 spiro atoms. The zero-order chi connectivity index (χ0) is 25.3. The van der Waals surface area contributed by atoms with Crippen molar-refractivity contribution in [3.63, 3.8) is 0 Å². The fourth-order valence-electron chi connectivity index (χ4n) is 4.94. The van der Waals surface area contributed by atoms with Crippen molar-refractivity contribution in [2.45, 2.75) is 82.9 Å². The molecule has 3 amide bonds. The lowest BCUT2D eigenvalue weighted by Gasteiger charge is -2.34. The highest BCUT2D eigenvalue weighted by Crippen LogP contribution is 2.27. The Balaban J connectivity index is 1.53. The van der Waals surface area contributed by atoms with Gasteiger partial charge in [0.1, 0.15) is 6.04 Å². The second-order valence-electron chi connectivity index (χ2n) is 9.72. The van der Waals surface area contributed by atoms with E-state index in [1.807, 2.05) is 31.2 Å². The van der Waals surface area contributed by atoms with E-state index >= 15 is 0 Å². The number of aryl methyl sites for hydroxylation is 1. The molecule has 36 heavy (non-hydrogen) atoms. The molecule has 1 aromatic heterocycles. The summed E-state index contributed by atoms with van der Waals surface area (Å²) in [5.74, 6) is -0.664. The predicted octanol–water partition coefficient (Wildman–Crippen LogP) is 4.37. The number of amides is 3. The summed E-state index contributed by atoms with van der Waals surface area (Å²) < 4.78 is 5.85. The Morgan fingerprint density at radius 3 is 2.53 bits per heavy atom. The molecule has 1 saturated carbocycles. The highest BCUT2D eigenvalue weighted by Gasteiger charge is 2.35. The van der Waals surface area contributed by atoms with E-state index in [4.69, 9.17) is 4.74 Å². The van der Waals surface area contributed by atoms with Gasteiger partial charge in [-0.1, -0.05) is 49.1 Å². The molecule has 2 atom stereocenters. The van der Waals surface area contributed by atoms with Crippen molar-refractivity contribution in [1.29, 1.82) is 0 Å². The molecular weight excluding hydrogens is 476 g/mol. The van der Waals surface area contributed by atoms with Gasteiger partial charge in [0.15, 0.2) is 5.13 Å². The van der Waals surface area contributed by atoms with Gasteiger partial charge in [-0.2, -0.15) is 0 Å². The van der Waals surface area contributed by atoms with Gasteiger partial charge in [-0.25, -0.2) is 4.98 Å². The highest BCUT2D eigenvalue weighted by atomic mass is 32.1. The van der Waals surface area contributed by atoms with Crippen LogP contribution in [0.5, 0.6) is 0 Å². The lowest BCUT2D eigenvalue weighted by atomic mass is 9.94. The lowest BCUT2D eigenvalue weighted by Crippen LogP contribution is -2.49. The zero-order valence-electron chi connectivity index (χ0n) is 20.9. The van der Waals surface area contributed by atoms with Crippen LogP contribution in [0.4, 0.5) is 5.13 Å². The van der Waals surface area contributed by atoms with Crippen LogP contribution in [0.3, 0.4) is 0 Å². The Bertz CT molecular complexity index is 999. The maximum Gasteiger partial charge on any atom is 0.247 e. The van der Waals surface area contributed by atoms with E-state index in [0.717, 1.165) is 49.7 Å². The highest BCUT2D eigenvalue weighted by molar-refractivity contribution is 7.13. The molecule has 1 aromatic carbocycles. The number of carbonyl (C=O) groups excluding carboxylic acids is 3. The number of hydrogen-bond donors (Lipinski definition) is 2. The number of ether oxygens (including phenoxy) is 1. The van der Waals surface area contributed by atoms with Crippen molar-refractivity contribution in [3.05, 3.63) is 47.0 Å². The van der Waals surface area contributed by atoms with Crippen molar-refractivity contribution in [2.24, 2.45) is 0 Å². The molecule has 8 nitrogen and oxygen atoms in total. The quantitative estimate of drug-likeness (QED) is 0.492. The molecular formula is C27H36N4O4S. The third kappa shape index (κ3) is 7.36. The van der Waals surface area contributed by atoms with Crippen LogP contribution in [0, 0.1) is 6.92 Å². The molecule has 0 unspecified atom stereocenters. The van der Waals surface area contributed by atoms with Crippen molar-refractivity contribution in [3.8, 4) is 0 Å². The van der Waals surface area contributed by atoms with Gasteiger partial charge in [-0.05, 0) is 38.2 Å². The summed E-state index contributed by atoms with van der Waals surface area (Å²) in [4.78, 5) is 45.5. The van der Waals surface area contributed by atoms with Gasteiger partial charge < -0.3 is 20.3 Å². The van der Waals surface area contributed by atoms with Gasteiger partial charge in [0.25, 0.3) is 0 Å². The van der Waals surface area contributed by atoms with E-state index in [0.29, 0.717) is 18.3 Å². The van der Waals surface area contributed by atoms with Crippen LogP contribution in [0.25, 0.3) is 0 Å². The van der Waals surface area contributed by atoms with Crippen LogP contribution >= 0.6 is 11.3 Å². The smallest absolute Gasteiger partial charge is 0.247 e. The Hall–Kier alpha value is -2.78. The summed E-state index contributed by atoms with van der Waals surface area (Å²) in [6.07, 6.45) is 8.63. The first kappa shape index (κ1) is 26.3. The third-order valence-corrected chi connectivity index (χ3v) is 7.58. The van der Waals surface area contributed by atoms with Gasteiger partial charge >= 0.3 is 0 Å². The van der Waals surface area contributed by atoms with Crippen LogP contribution in [0.2, 0.25) is 0 Å². The maximum atomic E-state index is 13.7. The Labute approximate surface area is 216 Å². The van der Waals surface area contributed by atoms with Crippen LogP contribution in [-0.4, -0.2) is 52.9 Å². The van der Waals surface area contributed by atoms with E-state index < -0.39 is 6.04 Å². The fourth-order valence-corrected chi connectivity index (χ4v) is 5.48. The molecule has 2 heterocycles. The Morgan fingerprint density at radius 1 is 1.08 bits per heavy atom. The molecule has 194 valence electrons. The first-order chi connectivity index (χ1) is 17.5. The summed E-state index contributed by atoms with van der Waals surface area (Å²) in [6.45, 7) is 2.98. The molecule has 2 N–H and O–H groups in total. The van der Waals surface area contributed by atoms with E-state index in [-0.39, 0.29) is 42.7 Å². The number of rotatable bonds is 10. The SMILES string of the molecule is Cc1ccc([C@H](C(=O)NC2CCCCC2)N(C[C@@H]2CCCO2)C(=O)CCC(=O)Nc2nccs2)cc1. The predicted molar refractivity (Wildman–Crippen MR) is 140 cm³/mol. The van der Waals surface area contributed by atoms with Crippen LogP contribution in [-0.2, 0) is 19.1 Å². The van der Waals surface area contributed by atoms with E-state index in [1.54, 1.807) is 16.5 Å². The molecule has 2 aliphatic rings. The van der Waals surface area contributed by atoms with E-state index in [2.05, 4.69) is 15.6 Å². The average molecular weight is 513 g/mol. The van der Waals surface area contributed by atoms with E-state index in [1.165, 1.54) is 17.8 Å². The standard InChI is InChI=1S/C27H36N4O4S/c1-19-9-11-20(12-10-19)25(26(34)29-21-6-3-2-4-7-21)31(18-22-8-5-16-35-22)24(33)14-13-23(32)30-27-28-15-17-36-27/h9-12,15,17,21-22,25H,2-8,13-14,16,18H2,1H3,(H,29,34)(H,28,30,32)/t22-,25+/m0/s1. The number of nitrogens with one attached hydrogen (secondary N) is 2. The first-order valence-electron chi connectivity index (χ1n) is 13.0. The van der Waals surface area contributed by atoms with Crippen molar-refractivity contribution in [1.82, 2.24) is 15.2 Å². The number of anilines is 1. The van der Waals surface area contributed by atoms with Gasteiger partial charge in [0.2, 0.25) is 17.7 Å². The van der Waals surface area contributed by atoms with Gasteiger partial charge in [0.05, 0.1) is 6.10 Å². The van der Waals surface area contributed by atoms with Gasteiger partial charge in [-0.15, -0.1) is 11.3 Å². The molecule has 1 saturated heterocycles. The summed E-state index contributed by atoms with van der Waals surface area (Å²) in [6, 6.07) is 7.13. The van der Waals surface area contributed by atoms with Crippen molar-refractivity contribution >= 4 is 34.2 Å². The maximum absolute atomic E-state index is 13.7. The molecule has 1 aliphatic carbocycles. The molecule has 0 bridgehead atoms. The first-order valence-corrected chi connectivity index (χ1v) is 13.8. The fraction of sp³-hybridized carbons (Fsp3) is 0.556. The zero-order valence-corrected chi connectivity index (χ0v) is 21.7. The number of hydrogen-bond acceptors (Lipinski definition) is 6. The second kappa shape index (κ2) is 13.0. The number of aromatic nitrogens is 1. The minimum absolute atomic E-state index is 0.00297. The normalized spacial score (nSPS) is 19.0. The lowest BCUT2D eigenvalue weighted by molar-refractivity contribution is -0.143. The number of thiazole rings is 1. The van der Waals surface area contributed by atoms with Crippen molar-refractivity contribution in [2.75, 3.05) is 18.5 Å². The summed E-state index contributed by atoms with van der Waals surface area (Å²) >= 11 is 1.33. The monoisotopic (exact) mass is 512 g/mol. The van der Waals surface area contributed by atoms with Crippen LogP contribution in [0.15, 0.2) is 35.8 Å². The number of benzene rings is 1. The largest absolute Gasteiger partial charge is 0.376 e.